The first-order valence-electron chi connectivity index (χ1n) is 7.82. The van der Waals surface area contributed by atoms with E-state index in [1.165, 1.54) is 25.7 Å². The number of nitrogens with zero attached hydrogens (tertiary/aromatic N) is 2. The van der Waals surface area contributed by atoms with Gasteiger partial charge in [-0.05, 0) is 19.8 Å². The predicted octanol–water partition coefficient (Wildman–Crippen LogP) is 2.79. The van der Waals surface area contributed by atoms with Crippen LogP contribution in [0.3, 0.4) is 0 Å². The second-order valence-electron chi connectivity index (χ2n) is 5.65. The van der Waals surface area contributed by atoms with Gasteiger partial charge in [-0.25, -0.2) is 4.98 Å². The zero-order valence-electron chi connectivity index (χ0n) is 12.6. The van der Waals surface area contributed by atoms with Crippen molar-refractivity contribution < 1.29 is 4.79 Å². The van der Waals surface area contributed by atoms with Crippen molar-refractivity contribution in [3.05, 3.63) is 11.9 Å². The van der Waals surface area contributed by atoms with Crippen molar-refractivity contribution in [1.82, 2.24) is 14.9 Å². The van der Waals surface area contributed by atoms with Gasteiger partial charge in [-0.3, -0.25) is 4.79 Å². The van der Waals surface area contributed by atoms with Gasteiger partial charge in [-0.15, -0.1) is 0 Å². The molecule has 5 heteroatoms. The van der Waals surface area contributed by atoms with Gasteiger partial charge in [0.1, 0.15) is 5.69 Å². The Balaban J connectivity index is 1.80. The number of hydrogen-bond acceptors (Lipinski definition) is 3. The fraction of sp³-hybridized carbons (Fsp3) is 0.733. The highest BCUT2D eigenvalue weighted by atomic mass is 16.2. The highest BCUT2D eigenvalue weighted by molar-refractivity contribution is 5.92. The fourth-order valence-corrected chi connectivity index (χ4v) is 2.53. The zero-order chi connectivity index (χ0) is 14.4. The maximum atomic E-state index is 12.1. The average Bonchev–Trinajstić information content (AvgIpc) is 2.87. The van der Waals surface area contributed by atoms with E-state index >= 15 is 0 Å². The molecular weight excluding hydrogens is 252 g/mol. The molecule has 0 radical (unpaired) electrons. The molecule has 1 aliphatic rings. The number of carbonyl (C=O) groups excluding carboxylic acids is 1. The zero-order valence-corrected chi connectivity index (χ0v) is 12.6. The molecule has 2 heterocycles. The van der Waals surface area contributed by atoms with Gasteiger partial charge in [0.05, 0.1) is 0 Å². The fourth-order valence-electron chi connectivity index (χ4n) is 2.53. The predicted molar refractivity (Wildman–Crippen MR) is 81.0 cm³/mol. The Morgan fingerprint density at radius 3 is 3.10 bits per heavy atom. The molecule has 20 heavy (non-hydrogen) atoms. The summed E-state index contributed by atoms with van der Waals surface area (Å²) in [6.45, 7) is 6.15. The molecular formula is C15H26N4O. The molecule has 1 aromatic heterocycles. The molecule has 2 N–H and O–H groups in total. The number of imidazole rings is 1. The molecule has 0 saturated heterocycles. The third-order valence-corrected chi connectivity index (χ3v) is 3.74. The minimum atomic E-state index is -0.0586. The van der Waals surface area contributed by atoms with Crippen LogP contribution in [0.1, 0.15) is 62.9 Å². The summed E-state index contributed by atoms with van der Waals surface area (Å²) >= 11 is 0. The standard InChI is InChI=1S/C15H26N4O/c1-3-4-5-6-8-12(2)17-14(20)13-11-19-10-7-9-16-15(19)18-13/h11-12H,3-10H2,1-2H3,(H,16,18)(H,17,20). The Bertz CT molecular complexity index is 418. The normalized spacial score (nSPS) is 15.3. The number of anilines is 1. The van der Waals surface area contributed by atoms with Gasteiger partial charge >= 0.3 is 0 Å². The molecule has 0 bridgehead atoms. The highest BCUT2D eigenvalue weighted by Crippen LogP contribution is 2.14. The van der Waals surface area contributed by atoms with E-state index in [0.29, 0.717) is 5.69 Å². The molecule has 0 aromatic carbocycles. The van der Waals surface area contributed by atoms with Gasteiger partial charge in [0.25, 0.3) is 5.91 Å². The summed E-state index contributed by atoms with van der Waals surface area (Å²) in [6.07, 6.45) is 8.92. The first-order valence-corrected chi connectivity index (χ1v) is 7.82. The summed E-state index contributed by atoms with van der Waals surface area (Å²) < 4.78 is 2.02. The summed E-state index contributed by atoms with van der Waals surface area (Å²) in [5, 5.41) is 6.25. The molecule has 1 aliphatic heterocycles. The number of fused-ring (bicyclic) bond motifs is 1. The summed E-state index contributed by atoms with van der Waals surface area (Å²) in [5.41, 5.74) is 0.523. The smallest absolute Gasteiger partial charge is 0.271 e. The Kier molecular flexibility index (Phi) is 5.44. The Morgan fingerprint density at radius 1 is 1.50 bits per heavy atom. The van der Waals surface area contributed by atoms with E-state index in [0.717, 1.165) is 31.9 Å². The van der Waals surface area contributed by atoms with E-state index in [9.17, 15) is 4.79 Å². The Hall–Kier alpha value is -1.52. The van der Waals surface area contributed by atoms with E-state index in [2.05, 4.69) is 29.5 Å². The van der Waals surface area contributed by atoms with Crippen LogP contribution in [0, 0.1) is 0 Å². The summed E-state index contributed by atoms with van der Waals surface area (Å²) in [5.74, 6) is 0.758. The van der Waals surface area contributed by atoms with Gasteiger partial charge in [0, 0.05) is 25.3 Å². The third kappa shape index (κ3) is 3.99. The van der Waals surface area contributed by atoms with Gasteiger partial charge in [-0.2, -0.15) is 0 Å². The van der Waals surface area contributed by atoms with E-state index in [1.54, 1.807) is 0 Å². The monoisotopic (exact) mass is 278 g/mol. The first-order chi connectivity index (χ1) is 9.70. The first kappa shape index (κ1) is 14.9. The molecule has 0 saturated carbocycles. The molecule has 112 valence electrons. The van der Waals surface area contributed by atoms with Crippen LogP contribution in [0.5, 0.6) is 0 Å². The maximum absolute atomic E-state index is 12.1. The minimum absolute atomic E-state index is 0.0586. The van der Waals surface area contributed by atoms with Crippen LogP contribution >= 0.6 is 0 Å². The van der Waals surface area contributed by atoms with Crippen molar-refractivity contribution in [2.24, 2.45) is 0 Å². The van der Waals surface area contributed by atoms with Gasteiger partial charge in [-0.1, -0.05) is 32.6 Å². The lowest BCUT2D eigenvalue weighted by Crippen LogP contribution is -2.32. The second kappa shape index (κ2) is 7.31. The molecule has 2 rings (SSSR count). The lowest BCUT2D eigenvalue weighted by Gasteiger charge is -2.14. The van der Waals surface area contributed by atoms with Gasteiger partial charge in [0.2, 0.25) is 5.95 Å². The molecule has 1 unspecified atom stereocenters. The second-order valence-corrected chi connectivity index (χ2v) is 5.65. The SMILES string of the molecule is CCCCCCC(C)NC(=O)c1cn2c(n1)NCCC2. The number of unbranched alkanes of at least 4 members (excludes halogenated alkanes) is 3. The molecule has 0 aliphatic carbocycles. The summed E-state index contributed by atoms with van der Waals surface area (Å²) in [7, 11) is 0. The number of rotatable bonds is 7. The molecule has 1 atom stereocenters. The average molecular weight is 278 g/mol. The summed E-state index contributed by atoms with van der Waals surface area (Å²) in [4.78, 5) is 16.5. The Labute approximate surface area is 121 Å². The number of aryl methyl sites for hydroxylation is 1. The minimum Gasteiger partial charge on any atom is -0.356 e. The quantitative estimate of drug-likeness (QED) is 0.754. The molecule has 1 amide bonds. The molecule has 0 spiro atoms. The number of carbonyl (C=O) groups is 1. The number of aromatic nitrogens is 2. The summed E-state index contributed by atoms with van der Waals surface area (Å²) in [6, 6.07) is 0.214. The van der Waals surface area contributed by atoms with Gasteiger partial charge in [0.15, 0.2) is 0 Å². The van der Waals surface area contributed by atoms with Crippen LogP contribution in [0.4, 0.5) is 5.95 Å². The van der Waals surface area contributed by atoms with Crippen LogP contribution in [-0.4, -0.2) is 28.0 Å². The largest absolute Gasteiger partial charge is 0.356 e. The number of nitrogens with one attached hydrogen (secondary N) is 2. The molecule has 0 fully saturated rings. The maximum Gasteiger partial charge on any atom is 0.271 e. The van der Waals surface area contributed by atoms with E-state index in [-0.39, 0.29) is 11.9 Å². The van der Waals surface area contributed by atoms with E-state index in [1.807, 2.05) is 10.8 Å². The third-order valence-electron chi connectivity index (χ3n) is 3.74. The van der Waals surface area contributed by atoms with Crippen molar-refractivity contribution in [2.45, 2.75) is 65.0 Å². The van der Waals surface area contributed by atoms with Gasteiger partial charge < -0.3 is 15.2 Å². The van der Waals surface area contributed by atoms with Crippen molar-refractivity contribution in [3.63, 3.8) is 0 Å². The van der Waals surface area contributed by atoms with Crippen LogP contribution < -0.4 is 10.6 Å². The van der Waals surface area contributed by atoms with Crippen LogP contribution in [0.15, 0.2) is 6.20 Å². The van der Waals surface area contributed by atoms with E-state index in [4.69, 9.17) is 0 Å². The highest BCUT2D eigenvalue weighted by Gasteiger charge is 2.17. The number of amides is 1. The van der Waals surface area contributed by atoms with E-state index < -0.39 is 0 Å². The molecule has 5 nitrogen and oxygen atoms in total. The topological polar surface area (TPSA) is 59.0 Å². The van der Waals surface area contributed by atoms with Crippen LogP contribution in [0.25, 0.3) is 0 Å². The lowest BCUT2D eigenvalue weighted by molar-refractivity contribution is 0.0933. The van der Waals surface area contributed by atoms with Crippen molar-refractivity contribution >= 4 is 11.9 Å². The lowest BCUT2D eigenvalue weighted by atomic mass is 10.1. The number of hydrogen-bond donors (Lipinski definition) is 2. The molecule has 1 aromatic rings. The van der Waals surface area contributed by atoms with Crippen LogP contribution in [0.2, 0.25) is 0 Å². The van der Waals surface area contributed by atoms with Crippen molar-refractivity contribution in [1.29, 1.82) is 0 Å². The van der Waals surface area contributed by atoms with Crippen molar-refractivity contribution in [3.8, 4) is 0 Å². The van der Waals surface area contributed by atoms with Crippen molar-refractivity contribution in [2.75, 3.05) is 11.9 Å². The Morgan fingerprint density at radius 2 is 2.35 bits per heavy atom. The van der Waals surface area contributed by atoms with Crippen LogP contribution in [-0.2, 0) is 6.54 Å².